The summed E-state index contributed by atoms with van der Waals surface area (Å²) in [7, 11) is 0. The van der Waals surface area contributed by atoms with Crippen LogP contribution in [0.3, 0.4) is 0 Å². The highest BCUT2D eigenvalue weighted by molar-refractivity contribution is 6.24. The van der Waals surface area contributed by atoms with E-state index in [1.54, 1.807) is 0 Å². The van der Waals surface area contributed by atoms with Crippen molar-refractivity contribution in [2.45, 2.75) is 12.8 Å². The minimum absolute atomic E-state index is 0.930. The van der Waals surface area contributed by atoms with Gasteiger partial charge >= 0.3 is 0 Å². The molecule has 0 radical (unpaired) electrons. The van der Waals surface area contributed by atoms with Gasteiger partial charge in [-0.1, -0.05) is 133 Å². The van der Waals surface area contributed by atoms with Crippen molar-refractivity contribution in [2.75, 3.05) is 0 Å². The molecular formula is C42H28O. The molecule has 1 aliphatic carbocycles. The van der Waals surface area contributed by atoms with Crippen molar-refractivity contribution in [1.29, 1.82) is 0 Å². The summed E-state index contributed by atoms with van der Waals surface area (Å²) < 4.78 is 6.83. The van der Waals surface area contributed by atoms with E-state index in [2.05, 4.69) is 146 Å². The first-order valence-corrected chi connectivity index (χ1v) is 15.1. The largest absolute Gasteiger partial charge is 0.455 e. The first-order valence-electron chi connectivity index (χ1n) is 15.1. The van der Waals surface area contributed by atoms with Gasteiger partial charge in [0.15, 0.2) is 0 Å². The zero-order valence-electron chi connectivity index (χ0n) is 23.7. The average Bonchev–Trinajstić information content (AvgIpc) is 3.47. The average molecular weight is 549 g/mol. The molecule has 1 heteroatoms. The molecule has 9 rings (SSSR count). The summed E-state index contributed by atoms with van der Waals surface area (Å²) in [5, 5.41) is 7.30. The van der Waals surface area contributed by atoms with Gasteiger partial charge in [0.25, 0.3) is 0 Å². The van der Waals surface area contributed by atoms with Crippen molar-refractivity contribution in [2.24, 2.45) is 0 Å². The monoisotopic (exact) mass is 548 g/mol. The number of hydrogen-bond donors (Lipinski definition) is 0. The van der Waals surface area contributed by atoms with Crippen LogP contribution in [0.1, 0.15) is 17.5 Å². The number of hydrogen-bond acceptors (Lipinski definition) is 1. The molecule has 8 aromatic rings. The van der Waals surface area contributed by atoms with E-state index in [1.807, 2.05) is 0 Å². The molecule has 0 amide bonds. The smallest absolute Gasteiger partial charge is 0.143 e. The van der Waals surface area contributed by atoms with Gasteiger partial charge < -0.3 is 4.42 Å². The van der Waals surface area contributed by atoms with Crippen LogP contribution in [0.15, 0.2) is 144 Å². The lowest BCUT2D eigenvalue weighted by Gasteiger charge is -2.24. The van der Waals surface area contributed by atoms with E-state index in [4.69, 9.17) is 4.42 Å². The second kappa shape index (κ2) is 9.58. The number of benzene rings is 7. The van der Waals surface area contributed by atoms with Crippen molar-refractivity contribution in [3.8, 4) is 33.4 Å². The third-order valence-corrected chi connectivity index (χ3v) is 9.13. The maximum absolute atomic E-state index is 6.83. The van der Waals surface area contributed by atoms with Gasteiger partial charge in [0, 0.05) is 16.2 Å². The van der Waals surface area contributed by atoms with Crippen LogP contribution in [-0.4, -0.2) is 0 Å². The summed E-state index contributed by atoms with van der Waals surface area (Å²) >= 11 is 0. The fourth-order valence-corrected chi connectivity index (χ4v) is 7.33. The fraction of sp³-hybridized carbons (Fsp3) is 0.0476. The molecule has 0 atom stereocenters. The van der Waals surface area contributed by atoms with Crippen LogP contribution < -0.4 is 0 Å². The van der Waals surface area contributed by atoms with E-state index in [0.29, 0.717) is 0 Å². The normalized spacial score (nSPS) is 12.8. The second-order valence-electron chi connectivity index (χ2n) is 11.5. The molecule has 0 saturated heterocycles. The minimum Gasteiger partial charge on any atom is -0.455 e. The molecule has 0 N–H and O–H groups in total. The molecule has 0 saturated carbocycles. The lowest BCUT2D eigenvalue weighted by molar-refractivity contribution is 0.673. The van der Waals surface area contributed by atoms with Crippen LogP contribution in [0.4, 0.5) is 0 Å². The Hall–Kier alpha value is -5.40. The van der Waals surface area contributed by atoms with Gasteiger partial charge in [0.1, 0.15) is 11.2 Å². The molecule has 7 aromatic carbocycles. The quantitative estimate of drug-likeness (QED) is 0.214. The summed E-state index contributed by atoms with van der Waals surface area (Å²) in [6.07, 6.45) is 6.74. The molecular weight excluding hydrogens is 520 g/mol. The molecule has 1 nitrogen and oxygen atoms in total. The summed E-state index contributed by atoms with van der Waals surface area (Å²) in [4.78, 5) is 0. The number of rotatable bonds is 3. The van der Waals surface area contributed by atoms with E-state index in [0.717, 1.165) is 29.4 Å². The van der Waals surface area contributed by atoms with Gasteiger partial charge in [-0.3, -0.25) is 0 Å². The zero-order chi connectivity index (χ0) is 28.3. The topological polar surface area (TPSA) is 13.1 Å². The molecule has 1 heterocycles. The molecule has 202 valence electrons. The lowest BCUT2D eigenvalue weighted by atomic mass is 9.79. The molecule has 43 heavy (non-hydrogen) atoms. The van der Waals surface area contributed by atoms with Crippen molar-refractivity contribution < 1.29 is 4.42 Å². The van der Waals surface area contributed by atoms with Crippen LogP contribution in [0.25, 0.3) is 82.9 Å². The Morgan fingerprint density at radius 3 is 2.00 bits per heavy atom. The van der Waals surface area contributed by atoms with E-state index in [1.165, 1.54) is 71.4 Å². The lowest BCUT2D eigenvalue weighted by Crippen LogP contribution is -2.02. The Balaban J connectivity index is 1.41. The summed E-state index contributed by atoms with van der Waals surface area (Å²) in [5.41, 5.74) is 12.2. The summed E-state index contributed by atoms with van der Waals surface area (Å²) in [6, 6.07) is 48.1. The first kappa shape index (κ1) is 24.2. The van der Waals surface area contributed by atoms with Crippen molar-refractivity contribution in [3.63, 3.8) is 0 Å². The highest BCUT2D eigenvalue weighted by atomic mass is 16.3. The molecule has 0 fully saturated rings. The van der Waals surface area contributed by atoms with Gasteiger partial charge in [0.05, 0.1) is 0 Å². The van der Waals surface area contributed by atoms with Crippen molar-refractivity contribution >= 4 is 49.6 Å². The number of allylic oxidation sites excluding steroid dienone is 1. The van der Waals surface area contributed by atoms with E-state index >= 15 is 0 Å². The first-order chi connectivity index (χ1) is 21.4. The minimum atomic E-state index is 0.930. The SMILES string of the molecule is C1=Cc2c(c(-c3cccc4oc5c(ccc6cccc(-c7ccccc7)c65)c34)c3ccccc3c2-c2ccccc2)CC1. The molecule has 1 aliphatic rings. The fourth-order valence-electron chi connectivity index (χ4n) is 7.33. The van der Waals surface area contributed by atoms with Gasteiger partial charge in [-0.15, -0.1) is 0 Å². The van der Waals surface area contributed by atoms with Gasteiger partial charge in [-0.2, -0.15) is 0 Å². The maximum atomic E-state index is 6.83. The number of furan rings is 1. The van der Waals surface area contributed by atoms with E-state index in [9.17, 15) is 0 Å². The Morgan fingerprint density at radius 1 is 0.488 bits per heavy atom. The highest BCUT2D eigenvalue weighted by Crippen LogP contribution is 2.48. The van der Waals surface area contributed by atoms with Gasteiger partial charge in [-0.25, -0.2) is 0 Å². The number of fused-ring (bicyclic) bond motifs is 7. The molecule has 1 aromatic heterocycles. The Kier molecular flexibility index (Phi) is 5.39. The Labute approximate surface area is 250 Å². The molecule has 0 aliphatic heterocycles. The van der Waals surface area contributed by atoms with E-state index < -0.39 is 0 Å². The highest BCUT2D eigenvalue weighted by Gasteiger charge is 2.24. The predicted molar refractivity (Wildman–Crippen MR) is 182 cm³/mol. The standard InChI is InChI=1S/C42H28O/c1-3-13-27(14-4-1)30-22-11-17-29-25-26-36-41-35(23-12-24-37(41)43-42(36)39(29)30)40-33-20-9-7-18-31(33)38(28-15-5-2-6-16-28)32-19-8-10-21-34(32)40/h1-9,11-20,22-26H,10,21H2. The molecule has 0 unspecified atom stereocenters. The zero-order valence-corrected chi connectivity index (χ0v) is 23.7. The van der Waals surface area contributed by atoms with Crippen LogP contribution in [-0.2, 0) is 6.42 Å². The van der Waals surface area contributed by atoms with Crippen molar-refractivity contribution in [3.05, 3.63) is 151 Å². The van der Waals surface area contributed by atoms with Crippen LogP contribution >= 0.6 is 0 Å². The van der Waals surface area contributed by atoms with E-state index in [-0.39, 0.29) is 0 Å². The predicted octanol–water partition coefficient (Wildman–Crippen LogP) is 11.9. The van der Waals surface area contributed by atoms with Crippen LogP contribution in [0, 0.1) is 0 Å². The summed E-state index contributed by atoms with van der Waals surface area (Å²) in [6.45, 7) is 0. The Morgan fingerprint density at radius 2 is 1.19 bits per heavy atom. The third kappa shape index (κ3) is 3.65. The van der Waals surface area contributed by atoms with Gasteiger partial charge in [0.2, 0.25) is 0 Å². The molecule has 0 spiro atoms. The molecule has 0 bridgehead atoms. The van der Waals surface area contributed by atoms with Crippen LogP contribution in [0.2, 0.25) is 0 Å². The van der Waals surface area contributed by atoms with Crippen molar-refractivity contribution in [1.82, 2.24) is 0 Å². The third-order valence-electron chi connectivity index (χ3n) is 9.13. The maximum Gasteiger partial charge on any atom is 0.143 e. The van der Waals surface area contributed by atoms with Gasteiger partial charge in [-0.05, 0) is 85.6 Å². The van der Waals surface area contributed by atoms with Crippen LogP contribution in [0.5, 0.6) is 0 Å². The summed E-state index contributed by atoms with van der Waals surface area (Å²) in [5.74, 6) is 0. The Bertz CT molecular complexity index is 2370. The second-order valence-corrected chi connectivity index (χ2v) is 11.5.